The molecule has 1 saturated heterocycles. The van der Waals surface area contributed by atoms with Crippen LogP contribution in [0.1, 0.15) is 22.5 Å². The van der Waals surface area contributed by atoms with Crippen LogP contribution >= 0.6 is 11.3 Å². The van der Waals surface area contributed by atoms with Crippen LogP contribution in [0.25, 0.3) is 10.8 Å². The maximum absolute atomic E-state index is 12.8. The highest BCUT2D eigenvalue weighted by Gasteiger charge is 2.29. The number of rotatable bonds is 3. The van der Waals surface area contributed by atoms with Gasteiger partial charge >= 0.3 is 0 Å². The summed E-state index contributed by atoms with van der Waals surface area (Å²) in [7, 11) is 0. The zero-order chi connectivity index (χ0) is 17.9. The first kappa shape index (κ1) is 16.8. The van der Waals surface area contributed by atoms with Crippen LogP contribution in [0.4, 0.5) is 5.69 Å². The van der Waals surface area contributed by atoms with Crippen molar-refractivity contribution in [2.45, 2.75) is 12.8 Å². The fourth-order valence-corrected chi connectivity index (χ4v) is 4.19. The summed E-state index contributed by atoms with van der Waals surface area (Å²) in [6, 6.07) is 17.6. The van der Waals surface area contributed by atoms with Crippen LogP contribution in [0.2, 0.25) is 0 Å². The molecule has 1 aromatic heterocycles. The Bertz CT molecular complexity index is 931. The highest BCUT2D eigenvalue weighted by molar-refractivity contribution is 7.12. The number of piperidine rings is 1. The monoisotopic (exact) mass is 364 g/mol. The molecule has 1 atom stereocenters. The molecule has 2 amide bonds. The minimum Gasteiger partial charge on any atom is -0.337 e. The third-order valence-electron chi connectivity index (χ3n) is 4.86. The summed E-state index contributed by atoms with van der Waals surface area (Å²) in [6.45, 7) is 1.20. The number of nitrogens with zero attached hydrogens (tertiary/aromatic N) is 1. The Labute approximate surface area is 156 Å². The van der Waals surface area contributed by atoms with Gasteiger partial charge in [-0.25, -0.2) is 0 Å². The van der Waals surface area contributed by atoms with Crippen molar-refractivity contribution in [3.8, 4) is 0 Å². The van der Waals surface area contributed by atoms with Crippen molar-refractivity contribution in [3.63, 3.8) is 0 Å². The van der Waals surface area contributed by atoms with Gasteiger partial charge in [-0.15, -0.1) is 11.3 Å². The fraction of sp³-hybridized carbons (Fsp3) is 0.238. The lowest BCUT2D eigenvalue weighted by Gasteiger charge is -2.31. The average Bonchev–Trinajstić information content (AvgIpc) is 3.22. The molecule has 4 rings (SSSR count). The number of likely N-dealkylation sites (tertiary alicyclic amines) is 1. The maximum Gasteiger partial charge on any atom is 0.263 e. The number of carbonyl (C=O) groups is 2. The second-order valence-corrected chi connectivity index (χ2v) is 7.53. The quantitative estimate of drug-likeness (QED) is 0.749. The number of fused-ring (bicyclic) bond motifs is 1. The van der Waals surface area contributed by atoms with Gasteiger partial charge in [0.15, 0.2) is 0 Å². The zero-order valence-electron chi connectivity index (χ0n) is 14.4. The van der Waals surface area contributed by atoms with E-state index in [1.54, 1.807) is 0 Å². The van der Waals surface area contributed by atoms with E-state index < -0.39 is 0 Å². The normalized spacial score (nSPS) is 17.2. The Morgan fingerprint density at radius 3 is 2.73 bits per heavy atom. The predicted molar refractivity (Wildman–Crippen MR) is 106 cm³/mol. The number of anilines is 1. The fourth-order valence-electron chi connectivity index (χ4n) is 3.50. The molecule has 0 spiro atoms. The second kappa shape index (κ2) is 7.30. The van der Waals surface area contributed by atoms with Gasteiger partial charge in [-0.2, -0.15) is 0 Å². The molecule has 1 unspecified atom stereocenters. The number of thiophene rings is 1. The maximum atomic E-state index is 12.8. The first-order valence-electron chi connectivity index (χ1n) is 8.84. The first-order chi connectivity index (χ1) is 12.7. The molecule has 3 aromatic rings. The molecule has 5 heteroatoms. The molecular formula is C21H20N2O2S. The van der Waals surface area contributed by atoms with Crippen LogP contribution in [0, 0.1) is 5.92 Å². The Hall–Kier alpha value is -2.66. The van der Waals surface area contributed by atoms with Gasteiger partial charge in [-0.1, -0.05) is 42.5 Å². The van der Waals surface area contributed by atoms with E-state index in [2.05, 4.69) is 5.32 Å². The van der Waals surface area contributed by atoms with E-state index in [0.29, 0.717) is 6.54 Å². The smallest absolute Gasteiger partial charge is 0.263 e. The number of amides is 2. The Morgan fingerprint density at radius 2 is 1.88 bits per heavy atom. The second-order valence-electron chi connectivity index (χ2n) is 6.58. The molecular weight excluding hydrogens is 344 g/mol. The molecule has 2 aromatic carbocycles. The third kappa shape index (κ3) is 3.35. The van der Waals surface area contributed by atoms with E-state index in [9.17, 15) is 9.59 Å². The Balaban J connectivity index is 1.48. The number of benzene rings is 2. The molecule has 1 aliphatic rings. The Kier molecular flexibility index (Phi) is 4.71. The van der Waals surface area contributed by atoms with Gasteiger partial charge < -0.3 is 10.2 Å². The molecule has 1 N–H and O–H groups in total. The van der Waals surface area contributed by atoms with E-state index in [1.807, 2.05) is 64.9 Å². The SMILES string of the molecule is O=C(Nc1cccc2ccccc12)C1CCCN(C(=O)c2cccs2)C1. The summed E-state index contributed by atoms with van der Waals surface area (Å²) in [5, 5.41) is 7.11. The standard InChI is InChI=1S/C21H20N2O2S/c24-20(22-18-10-3-7-15-6-1-2-9-17(15)18)16-8-4-12-23(14-16)21(25)19-11-5-13-26-19/h1-3,5-7,9-11,13,16H,4,8,12,14H2,(H,22,24). The molecule has 1 fully saturated rings. The van der Waals surface area contributed by atoms with Gasteiger partial charge in [0.25, 0.3) is 5.91 Å². The predicted octanol–water partition coefficient (Wildman–Crippen LogP) is 4.39. The van der Waals surface area contributed by atoms with Gasteiger partial charge in [0.2, 0.25) is 5.91 Å². The molecule has 0 aliphatic carbocycles. The van der Waals surface area contributed by atoms with Crippen LogP contribution in [0.15, 0.2) is 60.0 Å². The summed E-state index contributed by atoms with van der Waals surface area (Å²) in [4.78, 5) is 27.9. The van der Waals surface area contributed by atoms with Gasteiger partial charge in [-0.3, -0.25) is 9.59 Å². The van der Waals surface area contributed by atoms with Crippen molar-refractivity contribution in [3.05, 3.63) is 64.9 Å². The van der Waals surface area contributed by atoms with Gasteiger partial charge in [0.1, 0.15) is 0 Å². The largest absolute Gasteiger partial charge is 0.337 e. The average molecular weight is 364 g/mol. The minimum atomic E-state index is -0.174. The summed E-state index contributed by atoms with van der Waals surface area (Å²) >= 11 is 1.45. The summed E-state index contributed by atoms with van der Waals surface area (Å²) in [5.74, 6) is -0.153. The van der Waals surface area contributed by atoms with Crippen molar-refractivity contribution in [2.75, 3.05) is 18.4 Å². The molecule has 4 nitrogen and oxygen atoms in total. The number of nitrogens with one attached hydrogen (secondary N) is 1. The molecule has 1 aliphatic heterocycles. The van der Waals surface area contributed by atoms with Crippen molar-refractivity contribution in [1.29, 1.82) is 0 Å². The lowest BCUT2D eigenvalue weighted by atomic mass is 9.96. The number of carbonyl (C=O) groups excluding carboxylic acids is 2. The van der Waals surface area contributed by atoms with Crippen molar-refractivity contribution < 1.29 is 9.59 Å². The highest BCUT2D eigenvalue weighted by atomic mass is 32.1. The van der Waals surface area contributed by atoms with Crippen molar-refractivity contribution in [2.24, 2.45) is 5.92 Å². The summed E-state index contributed by atoms with van der Waals surface area (Å²) < 4.78 is 0. The lowest BCUT2D eigenvalue weighted by molar-refractivity contribution is -0.121. The Morgan fingerprint density at radius 1 is 1.04 bits per heavy atom. The topological polar surface area (TPSA) is 49.4 Å². The van der Waals surface area contributed by atoms with E-state index in [-0.39, 0.29) is 17.7 Å². The zero-order valence-corrected chi connectivity index (χ0v) is 15.2. The summed E-state index contributed by atoms with van der Waals surface area (Å²) in [5.41, 5.74) is 0.829. The number of hydrogen-bond donors (Lipinski definition) is 1. The molecule has 0 bridgehead atoms. The summed E-state index contributed by atoms with van der Waals surface area (Å²) in [6.07, 6.45) is 1.66. The van der Waals surface area contributed by atoms with Crippen LogP contribution in [0.3, 0.4) is 0 Å². The van der Waals surface area contributed by atoms with Crippen LogP contribution in [-0.4, -0.2) is 29.8 Å². The molecule has 2 heterocycles. The van der Waals surface area contributed by atoms with Gasteiger partial charge in [0, 0.05) is 24.2 Å². The lowest BCUT2D eigenvalue weighted by Crippen LogP contribution is -2.43. The van der Waals surface area contributed by atoms with E-state index in [0.717, 1.165) is 40.7 Å². The van der Waals surface area contributed by atoms with Crippen molar-refractivity contribution >= 4 is 39.6 Å². The molecule has 0 saturated carbocycles. The highest BCUT2D eigenvalue weighted by Crippen LogP contribution is 2.26. The van der Waals surface area contributed by atoms with Crippen LogP contribution in [0.5, 0.6) is 0 Å². The molecule has 132 valence electrons. The van der Waals surface area contributed by atoms with Crippen LogP contribution < -0.4 is 5.32 Å². The van der Waals surface area contributed by atoms with Gasteiger partial charge in [-0.05, 0) is 35.7 Å². The van der Waals surface area contributed by atoms with E-state index in [1.165, 1.54) is 11.3 Å². The number of hydrogen-bond acceptors (Lipinski definition) is 3. The minimum absolute atomic E-state index is 0.00923. The van der Waals surface area contributed by atoms with Crippen molar-refractivity contribution in [1.82, 2.24) is 4.90 Å². The van der Waals surface area contributed by atoms with Gasteiger partial charge in [0.05, 0.1) is 10.8 Å². The van der Waals surface area contributed by atoms with E-state index >= 15 is 0 Å². The van der Waals surface area contributed by atoms with E-state index in [4.69, 9.17) is 0 Å². The molecule has 0 radical (unpaired) electrons. The third-order valence-corrected chi connectivity index (χ3v) is 5.72. The first-order valence-corrected chi connectivity index (χ1v) is 9.72. The molecule has 26 heavy (non-hydrogen) atoms. The van der Waals surface area contributed by atoms with Crippen LogP contribution in [-0.2, 0) is 4.79 Å².